The Morgan fingerprint density at radius 1 is 1.42 bits per heavy atom. The van der Waals surface area contributed by atoms with Gasteiger partial charge in [-0.15, -0.1) is 5.10 Å². The molecule has 2 N–H and O–H groups in total. The summed E-state index contributed by atoms with van der Waals surface area (Å²) in [6, 6.07) is -0.0984. The van der Waals surface area contributed by atoms with Crippen LogP contribution in [0.15, 0.2) is 0 Å². The minimum Gasteiger partial charge on any atom is -0.322 e. The van der Waals surface area contributed by atoms with Gasteiger partial charge in [-0.1, -0.05) is 13.8 Å². The van der Waals surface area contributed by atoms with Gasteiger partial charge in [0.05, 0.1) is 6.04 Å². The van der Waals surface area contributed by atoms with Crippen LogP contribution in [0.3, 0.4) is 0 Å². The fourth-order valence-electron chi connectivity index (χ4n) is 1.01. The van der Waals surface area contributed by atoms with Crippen molar-refractivity contribution in [2.75, 3.05) is 0 Å². The lowest BCUT2D eigenvalue weighted by Crippen LogP contribution is -2.16. The molecule has 0 aromatic carbocycles. The summed E-state index contributed by atoms with van der Waals surface area (Å²) in [4.78, 5) is 0. The fourth-order valence-corrected chi connectivity index (χ4v) is 1.01. The van der Waals surface area contributed by atoms with Crippen molar-refractivity contribution in [1.82, 2.24) is 20.2 Å². The summed E-state index contributed by atoms with van der Waals surface area (Å²) in [6.07, 6.45) is 0. The molecular weight excluding hydrogens is 154 g/mol. The van der Waals surface area contributed by atoms with Gasteiger partial charge in [-0.25, -0.2) is 4.68 Å². The Morgan fingerprint density at radius 2 is 2.08 bits per heavy atom. The first-order chi connectivity index (χ1) is 5.61. The molecule has 1 aromatic rings. The first-order valence-corrected chi connectivity index (χ1v) is 4.13. The molecule has 0 saturated carbocycles. The topological polar surface area (TPSA) is 69.6 Å². The summed E-state index contributed by atoms with van der Waals surface area (Å²) >= 11 is 0. The Bertz CT molecular complexity index is 240. The molecule has 5 nitrogen and oxygen atoms in total. The van der Waals surface area contributed by atoms with E-state index >= 15 is 0 Å². The van der Waals surface area contributed by atoms with Gasteiger partial charge in [-0.05, 0) is 23.3 Å². The average molecular weight is 169 g/mol. The summed E-state index contributed by atoms with van der Waals surface area (Å²) in [6.45, 7) is 6.94. The van der Waals surface area contributed by atoms with Crippen molar-refractivity contribution in [3.8, 4) is 0 Å². The standard InChI is InChI=1S/C7H15N5/c1-5(2)4-12-7(6(3)8)9-10-11-12/h5-6H,4,8H2,1-3H3. The molecule has 1 rings (SSSR count). The second kappa shape index (κ2) is 3.62. The Balaban J connectivity index is 2.77. The summed E-state index contributed by atoms with van der Waals surface area (Å²) in [5.41, 5.74) is 5.67. The molecule has 0 bridgehead atoms. The number of rotatable bonds is 3. The summed E-state index contributed by atoms with van der Waals surface area (Å²) in [5, 5.41) is 11.3. The number of nitrogens with two attached hydrogens (primary N) is 1. The van der Waals surface area contributed by atoms with Crippen LogP contribution in [0, 0.1) is 5.92 Å². The van der Waals surface area contributed by atoms with Crippen molar-refractivity contribution in [3.63, 3.8) is 0 Å². The smallest absolute Gasteiger partial charge is 0.167 e. The Kier molecular flexibility index (Phi) is 2.75. The molecule has 5 heteroatoms. The molecule has 0 amide bonds. The van der Waals surface area contributed by atoms with Crippen LogP contribution in [-0.4, -0.2) is 20.2 Å². The van der Waals surface area contributed by atoms with Crippen LogP contribution in [0.4, 0.5) is 0 Å². The minimum absolute atomic E-state index is 0.0984. The highest BCUT2D eigenvalue weighted by atomic mass is 15.5. The van der Waals surface area contributed by atoms with Gasteiger partial charge in [0.1, 0.15) is 0 Å². The quantitative estimate of drug-likeness (QED) is 0.708. The van der Waals surface area contributed by atoms with Crippen LogP contribution in [0.2, 0.25) is 0 Å². The van der Waals surface area contributed by atoms with E-state index in [1.165, 1.54) is 0 Å². The van der Waals surface area contributed by atoms with Crippen molar-refractivity contribution < 1.29 is 0 Å². The lowest BCUT2D eigenvalue weighted by Gasteiger charge is -2.08. The van der Waals surface area contributed by atoms with E-state index in [-0.39, 0.29) is 6.04 Å². The van der Waals surface area contributed by atoms with Gasteiger partial charge < -0.3 is 5.73 Å². The first kappa shape index (κ1) is 9.12. The molecule has 0 fully saturated rings. The van der Waals surface area contributed by atoms with Gasteiger partial charge in [-0.3, -0.25) is 0 Å². The highest BCUT2D eigenvalue weighted by molar-refractivity contribution is 4.87. The number of tetrazole rings is 1. The Morgan fingerprint density at radius 3 is 2.58 bits per heavy atom. The van der Waals surface area contributed by atoms with Crippen LogP contribution in [-0.2, 0) is 6.54 Å². The highest BCUT2D eigenvalue weighted by Crippen LogP contribution is 2.05. The van der Waals surface area contributed by atoms with E-state index in [9.17, 15) is 0 Å². The minimum atomic E-state index is -0.0984. The second-order valence-electron chi connectivity index (χ2n) is 3.40. The third-order valence-corrected chi connectivity index (χ3v) is 1.50. The van der Waals surface area contributed by atoms with Gasteiger partial charge in [0.15, 0.2) is 5.82 Å². The zero-order valence-electron chi connectivity index (χ0n) is 7.73. The molecule has 0 saturated heterocycles. The van der Waals surface area contributed by atoms with E-state index in [1.807, 2.05) is 6.92 Å². The zero-order valence-corrected chi connectivity index (χ0v) is 7.73. The Hall–Kier alpha value is -0.970. The van der Waals surface area contributed by atoms with Gasteiger partial charge in [0, 0.05) is 6.54 Å². The maximum absolute atomic E-state index is 5.67. The molecule has 12 heavy (non-hydrogen) atoms. The lowest BCUT2D eigenvalue weighted by molar-refractivity contribution is 0.449. The van der Waals surface area contributed by atoms with Crippen LogP contribution in [0.5, 0.6) is 0 Å². The van der Waals surface area contributed by atoms with Gasteiger partial charge in [0.2, 0.25) is 0 Å². The van der Waals surface area contributed by atoms with Crippen molar-refractivity contribution in [2.45, 2.75) is 33.4 Å². The highest BCUT2D eigenvalue weighted by Gasteiger charge is 2.10. The predicted octanol–water partition coefficient (Wildman–Crippen LogP) is 0.349. The van der Waals surface area contributed by atoms with E-state index < -0.39 is 0 Å². The number of hydrogen-bond donors (Lipinski definition) is 1. The summed E-state index contributed by atoms with van der Waals surface area (Å²) in [7, 11) is 0. The summed E-state index contributed by atoms with van der Waals surface area (Å²) in [5.74, 6) is 1.29. The van der Waals surface area contributed by atoms with Crippen LogP contribution >= 0.6 is 0 Å². The normalized spacial score (nSPS) is 13.8. The molecule has 0 aliphatic carbocycles. The Labute approximate surface area is 71.9 Å². The molecule has 0 aliphatic rings. The van der Waals surface area contributed by atoms with E-state index in [2.05, 4.69) is 29.4 Å². The molecule has 0 spiro atoms. The van der Waals surface area contributed by atoms with Crippen molar-refractivity contribution in [3.05, 3.63) is 5.82 Å². The van der Waals surface area contributed by atoms with E-state index in [0.29, 0.717) is 5.92 Å². The van der Waals surface area contributed by atoms with E-state index in [1.54, 1.807) is 4.68 Å². The van der Waals surface area contributed by atoms with Crippen molar-refractivity contribution >= 4 is 0 Å². The molecular formula is C7H15N5. The van der Waals surface area contributed by atoms with Crippen LogP contribution in [0.25, 0.3) is 0 Å². The molecule has 1 heterocycles. The third kappa shape index (κ3) is 2.01. The van der Waals surface area contributed by atoms with Crippen LogP contribution in [0.1, 0.15) is 32.6 Å². The fraction of sp³-hybridized carbons (Fsp3) is 0.857. The average Bonchev–Trinajstić information content (AvgIpc) is 2.33. The molecule has 1 atom stereocenters. The molecule has 68 valence electrons. The largest absolute Gasteiger partial charge is 0.322 e. The molecule has 1 aromatic heterocycles. The number of hydrogen-bond acceptors (Lipinski definition) is 4. The molecule has 0 radical (unpaired) electrons. The maximum atomic E-state index is 5.67. The van der Waals surface area contributed by atoms with Crippen molar-refractivity contribution in [1.29, 1.82) is 0 Å². The monoisotopic (exact) mass is 169 g/mol. The second-order valence-corrected chi connectivity index (χ2v) is 3.40. The van der Waals surface area contributed by atoms with Gasteiger partial charge in [-0.2, -0.15) is 0 Å². The first-order valence-electron chi connectivity index (χ1n) is 4.13. The lowest BCUT2D eigenvalue weighted by atomic mass is 10.2. The SMILES string of the molecule is CC(C)Cn1nnnc1C(C)N. The van der Waals surface area contributed by atoms with Gasteiger partial charge >= 0.3 is 0 Å². The summed E-state index contributed by atoms with van der Waals surface area (Å²) < 4.78 is 1.76. The molecule has 0 aliphatic heterocycles. The van der Waals surface area contributed by atoms with Gasteiger partial charge in [0.25, 0.3) is 0 Å². The third-order valence-electron chi connectivity index (χ3n) is 1.50. The van der Waals surface area contributed by atoms with Crippen molar-refractivity contribution in [2.24, 2.45) is 11.7 Å². The van der Waals surface area contributed by atoms with E-state index in [0.717, 1.165) is 12.4 Å². The maximum Gasteiger partial charge on any atom is 0.167 e. The van der Waals surface area contributed by atoms with E-state index in [4.69, 9.17) is 5.73 Å². The van der Waals surface area contributed by atoms with Crippen LogP contribution < -0.4 is 5.73 Å². The predicted molar refractivity (Wildman–Crippen MR) is 45.3 cm³/mol. The number of aromatic nitrogens is 4. The molecule has 1 unspecified atom stereocenters. The zero-order chi connectivity index (χ0) is 9.14. The number of nitrogens with zero attached hydrogens (tertiary/aromatic N) is 4.